The van der Waals surface area contributed by atoms with E-state index in [0.717, 1.165) is 0 Å². The number of alkyl halides is 4. The third kappa shape index (κ3) is 3.37. The maximum absolute atomic E-state index is 13.6. The standard InChI is InChI=1S/C13H17F4NO/c1-4-18-11(13(16,17)12(14)15)9-5-6-10(19-3)8(2)7-9/h5-7,11-12,18H,4H2,1-3H3. The zero-order chi connectivity index (χ0) is 14.6. The second-order valence-electron chi connectivity index (χ2n) is 4.19. The molecule has 2 nitrogen and oxygen atoms in total. The molecule has 0 spiro atoms. The lowest BCUT2D eigenvalue weighted by molar-refractivity contribution is -0.151. The van der Waals surface area contributed by atoms with Crippen LogP contribution in [0.4, 0.5) is 17.6 Å². The zero-order valence-electron chi connectivity index (χ0n) is 11.0. The van der Waals surface area contributed by atoms with Crippen LogP contribution in [0.2, 0.25) is 0 Å². The zero-order valence-corrected chi connectivity index (χ0v) is 11.0. The quantitative estimate of drug-likeness (QED) is 0.804. The van der Waals surface area contributed by atoms with E-state index in [1.165, 1.54) is 25.3 Å². The van der Waals surface area contributed by atoms with Crippen molar-refractivity contribution in [3.8, 4) is 5.75 Å². The normalized spacial score (nSPS) is 13.7. The Bertz CT molecular complexity index is 423. The fourth-order valence-corrected chi connectivity index (χ4v) is 1.89. The van der Waals surface area contributed by atoms with Crippen molar-refractivity contribution in [2.75, 3.05) is 13.7 Å². The molecule has 0 amide bonds. The molecule has 1 aromatic carbocycles. The van der Waals surface area contributed by atoms with Gasteiger partial charge in [0.25, 0.3) is 0 Å². The summed E-state index contributed by atoms with van der Waals surface area (Å²) in [7, 11) is 1.46. The number of halogens is 4. The van der Waals surface area contributed by atoms with Gasteiger partial charge in [0.05, 0.1) is 7.11 Å². The van der Waals surface area contributed by atoms with Gasteiger partial charge in [-0.15, -0.1) is 0 Å². The van der Waals surface area contributed by atoms with E-state index in [1.54, 1.807) is 13.8 Å². The molecule has 0 fully saturated rings. The molecule has 0 radical (unpaired) electrons. The lowest BCUT2D eigenvalue weighted by Gasteiger charge is -2.27. The molecule has 0 aliphatic rings. The van der Waals surface area contributed by atoms with Gasteiger partial charge < -0.3 is 10.1 Å². The molecule has 0 aromatic heterocycles. The van der Waals surface area contributed by atoms with Crippen LogP contribution in [-0.4, -0.2) is 26.0 Å². The molecule has 1 aromatic rings. The summed E-state index contributed by atoms with van der Waals surface area (Å²) in [4.78, 5) is 0. The minimum Gasteiger partial charge on any atom is -0.496 e. The van der Waals surface area contributed by atoms with Crippen LogP contribution in [-0.2, 0) is 0 Å². The van der Waals surface area contributed by atoms with Gasteiger partial charge >= 0.3 is 12.3 Å². The molecule has 0 aliphatic heterocycles. The number of methoxy groups -OCH3 is 1. The van der Waals surface area contributed by atoms with E-state index in [4.69, 9.17) is 4.74 Å². The molecule has 6 heteroatoms. The van der Waals surface area contributed by atoms with E-state index in [1.807, 2.05) is 0 Å². The van der Waals surface area contributed by atoms with Crippen LogP contribution < -0.4 is 10.1 Å². The Labute approximate surface area is 109 Å². The van der Waals surface area contributed by atoms with Gasteiger partial charge in [-0.2, -0.15) is 8.78 Å². The topological polar surface area (TPSA) is 21.3 Å². The minimum absolute atomic E-state index is 0.116. The van der Waals surface area contributed by atoms with E-state index in [0.29, 0.717) is 11.3 Å². The molecule has 0 saturated carbocycles. The highest BCUT2D eigenvalue weighted by Gasteiger charge is 2.49. The van der Waals surface area contributed by atoms with Crippen LogP contribution in [0, 0.1) is 6.92 Å². The summed E-state index contributed by atoms with van der Waals surface area (Å²) < 4.78 is 57.1. The molecule has 1 atom stereocenters. The number of nitrogens with one attached hydrogen (secondary N) is 1. The fraction of sp³-hybridized carbons (Fsp3) is 0.538. The van der Waals surface area contributed by atoms with Crippen LogP contribution >= 0.6 is 0 Å². The van der Waals surface area contributed by atoms with Crippen LogP contribution in [0.5, 0.6) is 5.75 Å². The highest BCUT2D eigenvalue weighted by atomic mass is 19.3. The Balaban J connectivity index is 3.16. The first kappa shape index (κ1) is 15.8. The number of ether oxygens (including phenoxy) is 1. The first-order valence-electron chi connectivity index (χ1n) is 5.88. The van der Waals surface area contributed by atoms with Gasteiger partial charge in [-0.3, -0.25) is 0 Å². The average Bonchev–Trinajstić information content (AvgIpc) is 2.35. The molecule has 1 N–H and O–H groups in total. The van der Waals surface area contributed by atoms with E-state index in [2.05, 4.69) is 5.32 Å². The lowest BCUT2D eigenvalue weighted by Crippen LogP contribution is -2.42. The summed E-state index contributed by atoms with van der Waals surface area (Å²) in [5.41, 5.74) is 0.735. The Morgan fingerprint density at radius 3 is 2.37 bits per heavy atom. The molecule has 0 heterocycles. The number of hydrogen-bond donors (Lipinski definition) is 1. The van der Waals surface area contributed by atoms with Crippen molar-refractivity contribution in [3.63, 3.8) is 0 Å². The fourth-order valence-electron chi connectivity index (χ4n) is 1.89. The maximum atomic E-state index is 13.6. The van der Waals surface area contributed by atoms with E-state index in [9.17, 15) is 17.6 Å². The van der Waals surface area contributed by atoms with Crippen molar-refractivity contribution < 1.29 is 22.3 Å². The summed E-state index contributed by atoms with van der Waals surface area (Å²) in [6.07, 6.45) is -3.72. The van der Waals surface area contributed by atoms with E-state index in [-0.39, 0.29) is 12.1 Å². The summed E-state index contributed by atoms with van der Waals surface area (Å²) >= 11 is 0. The van der Waals surface area contributed by atoms with Gasteiger partial charge in [0.1, 0.15) is 11.8 Å². The van der Waals surface area contributed by atoms with Crippen molar-refractivity contribution in [2.24, 2.45) is 0 Å². The maximum Gasteiger partial charge on any atom is 0.326 e. The van der Waals surface area contributed by atoms with Gasteiger partial charge in [0.2, 0.25) is 0 Å². The van der Waals surface area contributed by atoms with E-state index >= 15 is 0 Å². The molecule has 0 saturated heterocycles. The van der Waals surface area contributed by atoms with Crippen molar-refractivity contribution in [1.29, 1.82) is 0 Å². The van der Waals surface area contributed by atoms with Gasteiger partial charge in [-0.25, -0.2) is 8.78 Å². The third-order valence-electron chi connectivity index (χ3n) is 2.84. The highest BCUT2D eigenvalue weighted by molar-refractivity contribution is 5.38. The predicted octanol–water partition coefficient (Wildman–Crippen LogP) is 3.55. The Morgan fingerprint density at radius 1 is 1.32 bits per heavy atom. The van der Waals surface area contributed by atoms with Crippen molar-refractivity contribution in [3.05, 3.63) is 29.3 Å². The molecule has 0 bridgehead atoms. The Hall–Kier alpha value is -1.30. The summed E-state index contributed by atoms with van der Waals surface area (Å²) in [5, 5.41) is 2.41. The second-order valence-corrected chi connectivity index (χ2v) is 4.19. The monoisotopic (exact) mass is 279 g/mol. The molecule has 19 heavy (non-hydrogen) atoms. The Kier molecular flexibility index (Phi) is 5.17. The second kappa shape index (κ2) is 6.23. The van der Waals surface area contributed by atoms with Crippen LogP contribution in [0.25, 0.3) is 0 Å². The smallest absolute Gasteiger partial charge is 0.326 e. The molecular weight excluding hydrogens is 262 g/mol. The number of benzene rings is 1. The average molecular weight is 279 g/mol. The molecule has 1 rings (SSSR count). The molecule has 1 unspecified atom stereocenters. The van der Waals surface area contributed by atoms with Crippen molar-refractivity contribution in [1.82, 2.24) is 5.32 Å². The van der Waals surface area contributed by atoms with Gasteiger partial charge in [-0.1, -0.05) is 19.1 Å². The summed E-state index contributed by atoms with van der Waals surface area (Å²) in [5.74, 6) is -3.60. The molecular formula is C13H17F4NO. The highest BCUT2D eigenvalue weighted by Crippen LogP contribution is 2.37. The summed E-state index contributed by atoms with van der Waals surface area (Å²) in [6, 6.07) is 2.58. The molecule has 108 valence electrons. The third-order valence-corrected chi connectivity index (χ3v) is 2.84. The number of aryl methyl sites for hydroxylation is 1. The lowest BCUT2D eigenvalue weighted by atomic mass is 9.98. The van der Waals surface area contributed by atoms with Gasteiger partial charge in [0.15, 0.2) is 0 Å². The first-order chi connectivity index (χ1) is 8.84. The summed E-state index contributed by atoms with van der Waals surface area (Å²) in [6.45, 7) is 3.43. The van der Waals surface area contributed by atoms with Crippen molar-refractivity contribution >= 4 is 0 Å². The van der Waals surface area contributed by atoms with E-state index < -0.39 is 18.4 Å². The number of rotatable bonds is 6. The number of hydrogen-bond acceptors (Lipinski definition) is 2. The predicted molar refractivity (Wildman–Crippen MR) is 65.1 cm³/mol. The Morgan fingerprint density at radius 2 is 1.95 bits per heavy atom. The SMILES string of the molecule is CCNC(c1ccc(OC)c(C)c1)C(F)(F)C(F)F. The molecule has 0 aliphatic carbocycles. The van der Waals surface area contributed by atoms with Crippen LogP contribution in [0.15, 0.2) is 18.2 Å². The van der Waals surface area contributed by atoms with Crippen LogP contribution in [0.3, 0.4) is 0 Å². The van der Waals surface area contributed by atoms with Gasteiger partial charge in [0, 0.05) is 0 Å². The van der Waals surface area contributed by atoms with Crippen LogP contribution in [0.1, 0.15) is 24.1 Å². The minimum atomic E-state index is -4.13. The first-order valence-corrected chi connectivity index (χ1v) is 5.88. The largest absolute Gasteiger partial charge is 0.496 e. The van der Waals surface area contributed by atoms with Crippen molar-refractivity contribution in [2.45, 2.75) is 32.2 Å². The van der Waals surface area contributed by atoms with Gasteiger partial charge in [-0.05, 0) is 30.7 Å².